The van der Waals surface area contributed by atoms with E-state index in [0.717, 1.165) is 12.1 Å². The number of nitrogens with zero attached hydrogens (tertiary/aromatic N) is 1. The number of hydrogen-bond donors (Lipinski definition) is 1. The fourth-order valence-corrected chi connectivity index (χ4v) is 3.38. The maximum absolute atomic E-state index is 14.4. The Bertz CT molecular complexity index is 955. The number of carbonyl (C=O) groups is 1. The highest BCUT2D eigenvalue weighted by Crippen LogP contribution is 2.35. The molecule has 152 valence electrons. The number of benzene rings is 1. The minimum absolute atomic E-state index is 0.00654. The Morgan fingerprint density at radius 2 is 2.00 bits per heavy atom. The van der Waals surface area contributed by atoms with E-state index in [4.69, 9.17) is 12.2 Å². The first kappa shape index (κ1) is 22.7. The van der Waals surface area contributed by atoms with Crippen LogP contribution in [-0.4, -0.2) is 21.2 Å². The molecular weight excluding hydrogens is 392 g/mol. The van der Waals surface area contributed by atoms with Gasteiger partial charge in [0.2, 0.25) is 0 Å². The summed E-state index contributed by atoms with van der Waals surface area (Å²) in [4.78, 5) is 17.4. The summed E-state index contributed by atoms with van der Waals surface area (Å²) in [5.74, 6) is -2.63. The lowest BCUT2D eigenvalue weighted by Crippen LogP contribution is -2.20. The van der Waals surface area contributed by atoms with Crippen molar-refractivity contribution in [1.82, 2.24) is 4.98 Å². The third kappa shape index (κ3) is 5.08. The van der Waals surface area contributed by atoms with Gasteiger partial charge in [0.1, 0.15) is 17.7 Å². The van der Waals surface area contributed by atoms with Crippen LogP contribution >= 0.6 is 12.2 Å². The van der Waals surface area contributed by atoms with Crippen LogP contribution in [0.25, 0.3) is 0 Å². The predicted molar refractivity (Wildman–Crippen MR) is 114 cm³/mol. The van der Waals surface area contributed by atoms with E-state index in [2.05, 4.69) is 4.98 Å². The normalized spacial score (nSPS) is 14.8. The number of pyridine rings is 1. The van der Waals surface area contributed by atoms with Crippen LogP contribution in [0.5, 0.6) is 0 Å². The topological polar surface area (TPSA) is 50.2 Å². The summed E-state index contributed by atoms with van der Waals surface area (Å²) in [7, 11) is 0. The van der Waals surface area contributed by atoms with Crippen LogP contribution in [0.2, 0.25) is 0 Å². The molecule has 0 bridgehead atoms. The number of carbonyl (C=O) groups excluding carboxylic acids is 1. The van der Waals surface area contributed by atoms with E-state index in [0.29, 0.717) is 29.2 Å². The number of Topliss-reactive ketones (excluding diaryl/α,β-unsaturated/α-hetero) is 1. The summed E-state index contributed by atoms with van der Waals surface area (Å²) in [5.41, 5.74) is 1.22. The molecule has 2 aromatic rings. The molecule has 1 aromatic carbocycles. The van der Waals surface area contributed by atoms with Gasteiger partial charge in [0.25, 0.3) is 0 Å². The van der Waals surface area contributed by atoms with Gasteiger partial charge < -0.3 is 5.11 Å². The van der Waals surface area contributed by atoms with Gasteiger partial charge in [-0.2, -0.15) is 0 Å². The zero-order chi connectivity index (χ0) is 21.6. The molecule has 2 atom stereocenters. The van der Waals surface area contributed by atoms with E-state index >= 15 is 0 Å². The average Bonchev–Trinajstić information content (AvgIpc) is 2.73. The number of hydrogen-bond acceptors (Lipinski definition) is 4. The van der Waals surface area contributed by atoms with Crippen molar-refractivity contribution in [2.24, 2.45) is 5.92 Å². The van der Waals surface area contributed by atoms with Gasteiger partial charge in [-0.25, -0.2) is 8.78 Å². The highest BCUT2D eigenvalue weighted by atomic mass is 32.1. The molecular formula is C23H23F2NO2S. The first-order valence-corrected chi connectivity index (χ1v) is 9.76. The van der Waals surface area contributed by atoms with Crippen LogP contribution in [0, 0.1) is 17.6 Å². The lowest BCUT2D eigenvalue weighted by atomic mass is 9.81. The lowest BCUT2D eigenvalue weighted by molar-refractivity contribution is 0.0979. The van der Waals surface area contributed by atoms with Crippen LogP contribution in [0.15, 0.2) is 65.5 Å². The molecule has 1 aromatic heterocycles. The standard InChI is InChI=1S/C23H23F2NO2S/c1-4-14(3)20(15(5-2)13-29)21(22(27)16-7-6-10-26-12-16)23(28)18-9-8-17(24)11-19(18)25/h5-14,22,27H,4H2,1-3H3/b15-5+,21-20+. The molecule has 0 amide bonds. The van der Waals surface area contributed by atoms with E-state index < -0.39 is 23.5 Å². The number of allylic oxidation sites excluding steroid dienone is 3. The molecule has 2 rings (SSSR count). The van der Waals surface area contributed by atoms with Gasteiger partial charge in [-0.1, -0.05) is 38.2 Å². The molecule has 1 heterocycles. The molecule has 0 spiro atoms. The smallest absolute Gasteiger partial charge is 0.195 e. The Kier molecular flexibility index (Phi) is 8.05. The summed E-state index contributed by atoms with van der Waals surface area (Å²) in [6.45, 7) is 5.62. The zero-order valence-corrected chi connectivity index (χ0v) is 17.3. The summed E-state index contributed by atoms with van der Waals surface area (Å²) >= 11 is 5.13. The number of rotatable bonds is 8. The Labute approximate surface area is 174 Å². The minimum atomic E-state index is -1.35. The van der Waals surface area contributed by atoms with Gasteiger partial charge in [0.15, 0.2) is 5.78 Å². The van der Waals surface area contributed by atoms with Crippen LogP contribution < -0.4 is 0 Å². The Morgan fingerprint density at radius 3 is 2.52 bits per heavy atom. The van der Waals surface area contributed by atoms with Crippen molar-refractivity contribution in [2.45, 2.75) is 33.3 Å². The number of aliphatic hydroxyl groups excluding tert-OH is 1. The maximum atomic E-state index is 14.4. The monoisotopic (exact) mass is 415 g/mol. The first-order chi connectivity index (χ1) is 13.8. The number of ketones is 1. The molecule has 0 saturated carbocycles. The van der Waals surface area contributed by atoms with Gasteiger partial charge in [-0.15, -0.1) is 0 Å². The lowest BCUT2D eigenvalue weighted by Gasteiger charge is -2.24. The molecule has 0 saturated heterocycles. The van der Waals surface area contributed by atoms with Crippen molar-refractivity contribution >= 4 is 23.4 Å². The number of aliphatic hydroxyl groups is 1. The van der Waals surface area contributed by atoms with Gasteiger partial charge >= 0.3 is 0 Å². The van der Waals surface area contributed by atoms with Crippen LogP contribution in [0.4, 0.5) is 8.78 Å². The fourth-order valence-electron chi connectivity index (χ4n) is 3.11. The molecule has 3 nitrogen and oxygen atoms in total. The highest BCUT2D eigenvalue weighted by Gasteiger charge is 2.30. The van der Waals surface area contributed by atoms with Gasteiger partial charge in [0.05, 0.1) is 5.56 Å². The van der Waals surface area contributed by atoms with Crippen molar-refractivity contribution in [1.29, 1.82) is 0 Å². The first-order valence-electron chi connectivity index (χ1n) is 9.29. The Hall–Kier alpha value is -2.57. The van der Waals surface area contributed by atoms with Crippen LogP contribution in [0.1, 0.15) is 49.2 Å². The summed E-state index contributed by atoms with van der Waals surface area (Å²) in [6, 6.07) is 6.03. The molecule has 29 heavy (non-hydrogen) atoms. The maximum Gasteiger partial charge on any atom is 0.195 e. The van der Waals surface area contributed by atoms with Crippen molar-refractivity contribution < 1.29 is 18.7 Å². The van der Waals surface area contributed by atoms with Crippen LogP contribution in [-0.2, 0) is 0 Å². The molecule has 2 unspecified atom stereocenters. The molecule has 0 fully saturated rings. The second-order valence-corrected chi connectivity index (χ2v) is 6.88. The second kappa shape index (κ2) is 10.3. The van der Waals surface area contributed by atoms with Crippen molar-refractivity contribution in [3.63, 3.8) is 0 Å². The number of halogens is 2. The Morgan fingerprint density at radius 1 is 1.28 bits per heavy atom. The minimum Gasteiger partial charge on any atom is -0.383 e. The average molecular weight is 416 g/mol. The third-order valence-electron chi connectivity index (χ3n) is 4.84. The quantitative estimate of drug-likeness (QED) is 0.265. The largest absolute Gasteiger partial charge is 0.383 e. The SMILES string of the molecule is C/C=C(C=S)/C(=C(/C(=O)c1ccc(F)cc1F)C(O)c1cccnc1)C(C)CC. The molecule has 0 aliphatic carbocycles. The van der Waals surface area contributed by atoms with Crippen molar-refractivity contribution in [3.8, 4) is 0 Å². The zero-order valence-electron chi connectivity index (χ0n) is 16.5. The summed E-state index contributed by atoms with van der Waals surface area (Å²) < 4.78 is 27.8. The molecule has 0 radical (unpaired) electrons. The molecule has 0 aliphatic heterocycles. The van der Waals surface area contributed by atoms with Gasteiger partial charge in [-0.05, 0) is 48.6 Å². The van der Waals surface area contributed by atoms with E-state index in [9.17, 15) is 18.7 Å². The van der Waals surface area contributed by atoms with E-state index in [1.165, 1.54) is 11.6 Å². The molecule has 0 aliphatic rings. The summed E-state index contributed by atoms with van der Waals surface area (Å²) in [6.07, 6.45) is 4.05. The fraction of sp³-hybridized carbons (Fsp3) is 0.261. The van der Waals surface area contributed by atoms with Gasteiger partial charge in [0, 0.05) is 35.0 Å². The van der Waals surface area contributed by atoms with Crippen molar-refractivity contribution in [2.75, 3.05) is 0 Å². The van der Waals surface area contributed by atoms with E-state index in [1.807, 2.05) is 13.8 Å². The van der Waals surface area contributed by atoms with E-state index in [-0.39, 0.29) is 17.1 Å². The molecule has 1 N–H and O–H groups in total. The van der Waals surface area contributed by atoms with Gasteiger partial charge in [-0.3, -0.25) is 9.78 Å². The van der Waals surface area contributed by atoms with E-state index in [1.54, 1.807) is 31.3 Å². The van der Waals surface area contributed by atoms with Crippen LogP contribution in [0.3, 0.4) is 0 Å². The third-order valence-corrected chi connectivity index (χ3v) is 5.09. The predicted octanol–water partition coefficient (Wildman–Crippen LogP) is 5.56. The highest BCUT2D eigenvalue weighted by molar-refractivity contribution is 7.79. The number of aromatic nitrogens is 1. The Balaban J connectivity index is 2.82. The second-order valence-electron chi connectivity index (χ2n) is 6.64. The number of thiocarbonyl (C=S) groups is 1. The molecule has 6 heteroatoms. The van der Waals surface area contributed by atoms with Crippen molar-refractivity contribution in [3.05, 3.63) is 88.3 Å². The summed E-state index contributed by atoms with van der Waals surface area (Å²) in [5, 5.41) is 12.6.